The van der Waals surface area contributed by atoms with Crippen molar-refractivity contribution in [1.82, 2.24) is 5.32 Å². The molecule has 0 saturated carbocycles. The van der Waals surface area contributed by atoms with E-state index in [0.29, 0.717) is 22.0 Å². The zero-order valence-corrected chi connectivity index (χ0v) is 22.7. The predicted molar refractivity (Wildman–Crippen MR) is 159 cm³/mol. The lowest BCUT2D eigenvalue weighted by atomic mass is 10.1. The van der Waals surface area contributed by atoms with E-state index in [4.69, 9.17) is 11.6 Å². The van der Waals surface area contributed by atoms with Crippen LogP contribution in [-0.2, 0) is 9.59 Å². The summed E-state index contributed by atoms with van der Waals surface area (Å²) >= 11 is 7.49. The maximum Gasteiger partial charge on any atom is 0.272 e. The van der Waals surface area contributed by atoms with Crippen molar-refractivity contribution in [2.24, 2.45) is 0 Å². The zero-order chi connectivity index (χ0) is 27.6. The highest BCUT2D eigenvalue weighted by atomic mass is 35.5. The summed E-state index contributed by atoms with van der Waals surface area (Å²) in [7, 11) is 0. The van der Waals surface area contributed by atoms with Crippen molar-refractivity contribution in [3.63, 3.8) is 0 Å². The SMILES string of the molecule is Cc1ccc(NC(=O)CSc2ccc(NC(=O)/C(=C/c3ccccc3)NC(=O)c3ccccc3)cc2)cc1Cl. The molecule has 8 heteroatoms. The van der Waals surface area contributed by atoms with E-state index in [2.05, 4.69) is 16.0 Å². The lowest BCUT2D eigenvalue weighted by Crippen LogP contribution is -2.30. The molecule has 4 aromatic carbocycles. The summed E-state index contributed by atoms with van der Waals surface area (Å²) in [5.74, 6) is -0.778. The van der Waals surface area contributed by atoms with Gasteiger partial charge in [-0.2, -0.15) is 0 Å². The fourth-order valence-electron chi connectivity index (χ4n) is 3.51. The van der Waals surface area contributed by atoms with E-state index in [9.17, 15) is 14.4 Å². The molecule has 0 aliphatic heterocycles. The first-order valence-electron chi connectivity index (χ1n) is 12.1. The Bertz CT molecular complexity index is 1490. The lowest BCUT2D eigenvalue weighted by Gasteiger charge is -2.12. The summed E-state index contributed by atoms with van der Waals surface area (Å²) in [4.78, 5) is 39.1. The minimum atomic E-state index is -0.459. The summed E-state index contributed by atoms with van der Waals surface area (Å²) in [6, 6.07) is 30.5. The second-order valence-electron chi connectivity index (χ2n) is 8.57. The van der Waals surface area contributed by atoms with E-state index in [0.717, 1.165) is 16.0 Å². The molecule has 4 aromatic rings. The Hall–Kier alpha value is -4.33. The van der Waals surface area contributed by atoms with Gasteiger partial charge in [0.1, 0.15) is 5.70 Å². The summed E-state index contributed by atoms with van der Waals surface area (Å²) in [5, 5.41) is 8.99. The first-order chi connectivity index (χ1) is 18.9. The van der Waals surface area contributed by atoms with Crippen molar-refractivity contribution in [2.75, 3.05) is 16.4 Å². The summed E-state index contributed by atoms with van der Waals surface area (Å²) < 4.78 is 0. The van der Waals surface area contributed by atoms with Crippen LogP contribution in [0.5, 0.6) is 0 Å². The number of carbonyl (C=O) groups is 3. The number of amides is 3. The smallest absolute Gasteiger partial charge is 0.272 e. The van der Waals surface area contributed by atoms with Crippen LogP contribution in [0.3, 0.4) is 0 Å². The summed E-state index contributed by atoms with van der Waals surface area (Å²) in [5.41, 5.74) is 3.47. The van der Waals surface area contributed by atoms with Gasteiger partial charge in [0.05, 0.1) is 5.75 Å². The van der Waals surface area contributed by atoms with Gasteiger partial charge in [-0.05, 0) is 72.7 Å². The van der Waals surface area contributed by atoms with E-state index in [-0.39, 0.29) is 23.3 Å². The zero-order valence-electron chi connectivity index (χ0n) is 21.1. The number of rotatable bonds is 9. The van der Waals surface area contributed by atoms with E-state index in [1.165, 1.54) is 11.8 Å². The van der Waals surface area contributed by atoms with Crippen LogP contribution in [-0.4, -0.2) is 23.5 Å². The molecule has 0 aliphatic carbocycles. The van der Waals surface area contributed by atoms with E-state index in [1.54, 1.807) is 48.5 Å². The molecular weight excluding hydrogens is 530 g/mol. The normalized spacial score (nSPS) is 11.0. The minimum Gasteiger partial charge on any atom is -0.325 e. The van der Waals surface area contributed by atoms with Crippen LogP contribution in [0.25, 0.3) is 6.08 Å². The lowest BCUT2D eigenvalue weighted by molar-refractivity contribution is -0.114. The van der Waals surface area contributed by atoms with Crippen LogP contribution in [0.4, 0.5) is 11.4 Å². The molecule has 6 nitrogen and oxygen atoms in total. The second-order valence-corrected chi connectivity index (χ2v) is 10.0. The average Bonchev–Trinajstić information content (AvgIpc) is 2.95. The maximum atomic E-state index is 13.1. The molecule has 0 atom stereocenters. The highest BCUT2D eigenvalue weighted by molar-refractivity contribution is 8.00. The van der Waals surface area contributed by atoms with Gasteiger partial charge in [-0.15, -0.1) is 11.8 Å². The monoisotopic (exact) mass is 555 g/mol. The van der Waals surface area contributed by atoms with Gasteiger partial charge < -0.3 is 16.0 Å². The van der Waals surface area contributed by atoms with Crippen LogP contribution in [0.15, 0.2) is 114 Å². The van der Waals surface area contributed by atoms with Crippen LogP contribution >= 0.6 is 23.4 Å². The number of carbonyl (C=O) groups excluding carboxylic acids is 3. The summed E-state index contributed by atoms with van der Waals surface area (Å²) in [6.45, 7) is 1.90. The number of anilines is 2. The fourth-order valence-corrected chi connectivity index (χ4v) is 4.39. The van der Waals surface area contributed by atoms with E-state index in [1.807, 2.05) is 67.6 Å². The van der Waals surface area contributed by atoms with Crippen molar-refractivity contribution >= 4 is 58.5 Å². The number of aryl methyl sites for hydroxylation is 1. The van der Waals surface area contributed by atoms with Crippen molar-refractivity contribution in [2.45, 2.75) is 11.8 Å². The van der Waals surface area contributed by atoms with Crippen LogP contribution in [0.1, 0.15) is 21.5 Å². The molecule has 0 heterocycles. The molecule has 196 valence electrons. The number of nitrogens with one attached hydrogen (secondary N) is 3. The molecule has 0 fully saturated rings. The Morgan fingerprint density at radius 3 is 2.10 bits per heavy atom. The van der Waals surface area contributed by atoms with E-state index >= 15 is 0 Å². The van der Waals surface area contributed by atoms with Gasteiger partial charge in [0.2, 0.25) is 5.91 Å². The highest BCUT2D eigenvalue weighted by Gasteiger charge is 2.15. The van der Waals surface area contributed by atoms with Crippen molar-refractivity contribution in [3.05, 3.63) is 131 Å². The molecular formula is C31H26ClN3O3S. The third-order valence-corrected chi connectivity index (χ3v) is 7.00. The molecule has 4 rings (SSSR count). The quantitative estimate of drug-likeness (QED) is 0.157. The van der Waals surface area contributed by atoms with Gasteiger partial charge in [-0.3, -0.25) is 14.4 Å². The Labute approximate surface area is 236 Å². The first kappa shape index (κ1) is 27.7. The largest absolute Gasteiger partial charge is 0.325 e. The second kappa shape index (κ2) is 13.5. The molecule has 0 bridgehead atoms. The minimum absolute atomic E-state index is 0.112. The Kier molecular flexibility index (Phi) is 9.56. The molecule has 0 saturated heterocycles. The van der Waals surface area contributed by atoms with Crippen LogP contribution in [0, 0.1) is 6.92 Å². The number of thioether (sulfide) groups is 1. The van der Waals surface area contributed by atoms with Gasteiger partial charge in [0, 0.05) is 26.9 Å². The number of halogens is 1. The van der Waals surface area contributed by atoms with Gasteiger partial charge in [0.15, 0.2) is 0 Å². The predicted octanol–water partition coefficient (Wildman–Crippen LogP) is 6.79. The molecule has 0 aromatic heterocycles. The Balaban J connectivity index is 1.38. The van der Waals surface area contributed by atoms with Gasteiger partial charge in [-0.25, -0.2) is 0 Å². The third-order valence-electron chi connectivity index (χ3n) is 5.58. The van der Waals surface area contributed by atoms with Gasteiger partial charge in [0.25, 0.3) is 11.8 Å². The Morgan fingerprint density at radius 2 is 1.44 bits per heavy atom. The number of hydrogen-bond donors (Lipinski definition) is 3. The number of hydrogen-bond acceptors (Lipinski definition) is 4. The molecule has 0 radical (unpaired) electrons. The third kappa shape index (κ3) is 8.33. The maximum absolute atomic E-state index is 13.1. The van der Waals surface area contributed by atoms with Gasteiger partial charge >= 0.3 is 0 Å². The van der Waals surface area contributed by atoms with Crippen LogP contribution in [0.2, 0.25) is 5.02 Å². The molecule has 0 aliphatic rings. The molecule has 0 spiro atoms. The average molecular weight is 556 g/mol. The summed E-state index contributed by atoms with van der Waals surface area (Å²) in [6.07, 6.45) is 1.63. The van der Waals surface area contributed by atoms with Gasteiger partial charge in [-0.1, -0.05) is 66.2 Å². The van der Waals surface area contributed by atoms with Crippen molar-refractivity contribution in [3.8, 4) is 0 Å². The van der Waals surface area contributed by atoms with Crippen LogP contribution < -0.4 is 16.0 Å². The fraction of sp³-hybridized carbons (Fsp3) is 0.0645. The molecule has 3 amide bonds. The van der Waals surface area contributed by atoms with E-state index < -0.39 is 5.91 Å². The van der Waals surface area contributed by atoms with Crippen molar-refractivity contribution < 1.29 is 14.4 Å². The standard InChI is InChI=1S/C31H26ClN3O3S/c1-21-12-13-25(19-27(21)32)33-29(36)20-39-26-16-14-24(15-17-26)34-31(38)28(18-22-8-4-2-5-9-22)35-30(37)23-10-6-3-7-11-23/h2-19H,20H2,1H3,(H,33,36)(H,34,38)(H,35,37)/b28-18-. The molecule has 0 unspecified atom stereocenters. The highest BCUT2D eigenvalue weighted by Crippen LogP contribution is 2.23. The topological polar surface area (TPSA) is 87.3 Å². The molecule has 39 heavy (non-hydrogen) atoms. The Morgan fingerprint density at radius 1 is 0.795 bits per heavy atom. The number of benzene rings is 4. The molecule has 3 N–H and O–H groups in total. The van der Waals surface area contributed by atoms with Crippen molar-refractivity contribution in [1.29, 1.82) is 0 Å². The first-order valence-corrected chi connectivity index (χ1v) is 13.5.